The molecule has 0 saturated heterocycles. The Bertz CT molecular complexity index is 1600. The maximum Gasteiger partial charge on any atom is 0.228 e. The minimum atomic E-state index is -0.0137. The minimum absolute atomic E-state index is 0.0137. The first-order chi connectivity index (χ1) is 17.5. The summed E-state index contributed by atoms with van der Waals surface area (Å²) in [6, 6.07) is 9.93. The zero-order chi connectivity index (χ0) is 24.8. The molecule has 4 heterocycles. The Morgan fingerprint density at radius 1 is 1.17 bits per heavy atom. The molecular weight excluding hydrogens is 494 g/mol. The van der Waals surface area contributed by atoms with Crippen molar-refractivity contribution in [3.05, 3.63) is 80.7 Å². The van der Waals surface area contributed by atoms with Crippen molar-refractivity contribution in [2.24, 2.45) is 4.99 Å². The number of carbonyl (C=O) groups excluding carboxylic acids is 2. The molecule has 0 N–H and O–H groups in total. The molecule has 2 aliphatic heterocycles. The van der Waals surface area contributed by atoms with Crippen LogP contribution in [0.4, 0.5) is 5.69 Å². The lowest BCUT2D eigenvalue weighted by Crippen LogP contribution is -2.35. The molecule has 0 radical (unpaired) electrons. The van der Waals surface area contributed by atoms with E-state index in [-0.39, 0.29) is 18.1 Å². The maximum absolute atomic E-state index is 12.6. The fourth-order valence-corrected chi connectivity index (χ4v) is 5.99. The molecule has 0 unspecified atom stereocenters. The van der Waals surface area contributed by atoms with Gasteiger partial charge >= 0.3 is 0 Å². The number of aliphatic imine (C=N–C) groups is 1. The van der Waals surface area contributed by atoms with Crippen molar-refractivity contribution in [2.45, 2.75) is 32.7 Å². The van der Waals surface area contributed by atoms with Crippen LogP contribution < -0.4 is 4.90 Å². The van der Waals surface area contributed by atoms with Crippen molar-refractivity contribution in [1.82, 2.24) is 14.8 Å². The largest absolute Gasteiger partial charge is 0.300 e. The number of thiophene rings is 1. The molecule has 36 heavy (non-hydrogen) atoms. The van der Waals surface area contributed by atoms with E-state index >= 15 is 0 Å². The van der Waals surface area contributed by atoms with Gasteiger partial charge in [-0.3, -0.25) is 19.1 Å². The summed E-state index contributed by atoms with van der Waals surface area (Å²) in [5, 5.41) is 9.91. The van der Waals surface area contributed by atoms with Crippen molar-refractivity contribution < 1.29 is 9.59 Å². The molecule has 0 bridgehead atoms. The Kier molecular flexibility index (Phi) is 5.67. The monoisotopic (exact) mass is 513 g/mol. The summed E-state index contributed by atoms with van der Waals surface area (Å²) < 4.78 is 1.98. The van der Waals surface area contributed by atoms with E-state index in [1.807, 2.05) is 35.8 Å². The normalized spacial score (nSPS) is 16.6. The number of allylic oxidation sites excluding steroid dienone is 4. The number of ketones is 1. The van der Waals surface area contributed by atoms with Gasteiger partial charge in [0.2, 0.25) is 5.91 Å². The van der Waals surface area contributed by atoms with Gasteiger partial charge in [-0.15, -0.1) is 21.5 Å². The number of aryl methyl sites for hydroxylation is 2. The number of hydrogen-bond acceptors (Lipinski definition) is 6. The van der Waals surface area contributed by atoms with Gasteiger partial charge in [0, 0.05) is 34.7 Å². The third-order valence-electron chi connectivity index (χ3n) is 6.38. The summed E-state index contributed by atoms with van der Waals surface area (Å²) in [6.45, 7) is 2.53. The van der Waals surface area contributed by atoms with Crippen LogP contribution in [0.5, 0.6) is 0 Å². The lowest BCUT2D eigenvalue weighted by Gasteiger charge is -2.27. The van der Waals surface area contributed by atoms with Crippen molar-refractivity contribution >= 4 is 46.0 Å². The van der Waals surface area contributed by atoms with Crippen LogP contribution in [0.3, 0.4) is 0 Å². The first kappa shape index (κ1) is 22.7. The maximum atomic E-state index is 12.6. The number of amides is 1. The molecule has 1 amide bonds. The van der Waals surface area contributed by atoms with E-state index in [0.29, 0.717) is 41.7 Å². The van der Waals surface area contributed by atoms with Crippen LogP contribution in [0.1, 0.15) is 40.5 Å². The quantitative estimate of drug-likeness (QED) is 0.479. The van der Waals surface area contributed by atoms with Crippen molar-refractivity contribution in [1.29, 1.82) is 0 Å². The highest BCUT2D eigenvalue weighted by Gasteiger charge is 2.28. The summed E-state index contributed by atoms with van der Waals surface area (Å²) >= 11 is 8.02. The van der Waals surface area contributed by atoms with E-state index in [1.54, 1.807) is 17.1 Å². The van der Waals surface area contributed by atoms with Crippen molar-refractivity contribution in [3.63, 3.8) is 0 Å². The fourth-order valence-electron chi connectivity index (χ4n) is 4.66. The number of benzene rings is 1. The van der Waals surface area contributed by atoms with Crippen molar-refractivity contribution in [3.8, 4) is 16.8 Å². The average molecular weight is 514 g/mol. The zero-order valence-corrected chi connectivity index (χ0v) is 21.0. The number of nitrogens with zero attached hydrogens (tertiary/aromatic N) is 5. The van der Waals surface area contributed by atoms with Crippen molar-refractivity contribution in [2.75, 3.05) is 11.4 Å². The van der Waals surface area contributed by atoms with Gasteiger partial charge in [0.25, 0.3) is 0 Å². The molecule has 0 spiro atoms. The number of aromatic nitrogens is 3. The number of fused-ring (bicyclic) bond motifs is 4. The van der Waals surface area contributed by atoms with Crippen LogP contribution in [0, 0.1) is 18.8 Å². The van der Waals surface area contributed by atoms with E-state index in [9.17, 15) is 9.59 Å². The van der Waals surface area contributed by atoms with Gasteiger partial charge in [-0.25, -0.2) is 0 Å². The summed E-state index contributed by atoms with van der Waals surface area (Å²) in [6.07, 6.45) is 4.81. The third kappa shape index (κ3) is 3.91. The van der Waals surface area contributed by atoms with E-state index in [1.165, 1.54) is 16.9 Å². The fraction of sp³-hybridized carbons (Fsp3) is 0.222. The zero-order valence-electron chi connectivity index (χ0n) is 19.4. The third-order valence-corrected chi connectivity index (χ3v) is 7.78. The smallest absolute Gasteiger partial charge is 0.228 e. The molecular formula is C27H20ClN5O2S. The van der Waals surface area contributed by atoms with Crippen LogP contribution in [-0.2, 0) is 22.6 Å². The second-order valence-corrected chi connectivity index (χ2v) is 10.1. The number of halogens is 1. The summed E-state index contributed by atoms with van der Waals surface area (Å²) in [4.78, 5) is 32.1. The van der Waals surface area contributed by atoms with Crippen LogP contribution in [0.25, 0.3) is 5.00 Å². The standard InChI is InChI=1S/C27H20ClN5O2S/c1-16-30-31-24-15-29-26(20-13-18(34)9-10-22(20)28)21-14-19(36-27(21)33(16)24)6-4-12-32-23-7-3-2-5-17(23)8-11-25(32)35/h2-3,5,7,10,13-14H,8-9,11-12,15H2,1H3. The molecule has 0 fully saturated rings. The molecule has 1 aliphatic carbocycles. The van der Waals surface area contributed by atoms with E-state index in [2.05, 4.69) is 28.1 Å². The van der Waals surface area contributed by atoms with E-state index in [0.717, 1.165) is 33.4 Å². The molecule has 3 aromatic rings. The summed E-state index contributed by atoms with van der Waals surface area (Å²) in [7, 11) is 0. The summed E-state index contributed by atoms with van der Waals surface area (Å²) in [5.41, 5.74) is 4.18. The molecule has 1 aromatic carbocycles. The Morgan fingerprint density at radius 3 is 2.92 bits per heavy atom. The predicted molar refractivity (Wildman–Crippen MR) is 140 cm³/mol. The lowest BCUT2D eigenvalue weighted by molar-refractivity contribution is -0.118. The second-order valence-electron chi connectivity index (χ2n) is 8.68. The number of rotatable bonds is 2. The van der Waals surface area contributed by atoms with Crippen LogP contribution in [-0.4, -0.2) is 38.7 Å². The highest BCUT2D eigenvalue weighted by atomic mass is 35.5. The van der Waals surface area contributed by atoms with Gasteiger partial charge in [-0.05, 0) is 37.1 Å². The average Bonchev–Trinajstić information content (AvgIpc) is 3.41. The lowest BCUT2D eigenvalue weighted by atomic mass is 9.97. The van der Waals surface area contributed by atoms with Gasteiger partial charge in [0.05, 0.1) is 17.1 Å². The number of hydrogen-bond donors (Lipinski definition) is 0. The second kappa shape index (κ2) is 9.01. The highest BCUT2D eigenvalue weighted by Crippen LogP contribution is 2.35. The Labute approximate surface area is 216 Å². The molecule has 2 aromatic heterocycles. The Morgan fingerprint density at radius 2 is 2.03 bits per heavy atom. The van der Waals surface area contributed by atoms with Crippen LogP contribution in [0.2, 0.25) is 0 Å². The molecule has 0 atom stereocenters. The highest BCUT2D eigenvalue weighted by molar-refractivity contribution is 7.15. The first-order valence-corrected chi connectivity index (χ1v) is 12.8. The predicted octanol–water partition coefficient (Wildman–Crippen LogP) is 4.29. The number of anilines is 1. The molecule has 6 rings (SSSR count). The molecule has 7 nitrogen and oxygen atoms in total. The van der Waals surface area contributed by atoms with Gasteiger partial charge in [-0.2, -0.15) is 0 Å². The number of carbonyl (C=O) groups is 2. The van der Waals surface area contributed by atoms with Crippen LogP contribution >= 0.6 is 22.9 Å². The van der Waals surface area contributed by atoms with Gasteiger partial charge < -0.3 is 4.90 Å². The Hall–Kier alpha value is -3.80. The van der Waals surface area contributed by atoms with Gasteiger partial charge in [0.1, 0.15) is 17.4 Å². The number of para-hydroxylation sites is 1. The van der Waals surface area contributed by atoms with Crippen LogP contribution in [0.15, 0.2) is 58.1 Å². The minimum Gasteiger partial charge on any atom is -0.300 e. The topological polar surface area (TPSA) is 80.5 Å². The first-order valence-electron chi connectivity index (χ1n) is 11.6. The molecule has 178 valence electrons. The molecule has 9 heteroatoms. The SMILES string of the molecule is Cc1nnc2n1-c1sc(C#CCN3C(=O)CCc4ccccc43)cc1C(C1=CC(=O)CC=C1Cl)=NC2. The Balaban J connectivity index is 1.38. The summed E-state index contributed by atoms with van der Waals surface area (Å²) in [5.74, 6) is 7.95. The van der Waals surface area contributed by atoms with Gasteiger partial charge in [0.15, 0.2) is 11.6 Å². The van der Waals surface area contributed by atoms with Gasteiger partial charge in [-0.1, -0.05) is 47.7 Å². The molecule has 0 saturated carbocycles. The van der Waals surface area contributed by atoms with E-state index in [4.69, 9.17) is 16.6 Å². The van der Waals surface area contributed by atoms with E-state index < -0.39 is 0 Å². The molecule has 3 aliphatic rings.